The first-order valence-corrected chi connectivity index (χ1v) is 10.9. The van der Waals surface area contributed by atoms with Gasteiger partial charge in [-0.2, -0.15) is 0 Å². The predicted octanol–water partition coefficient (Wildman–Crippen LogP) is 3.93. The number of ether oxygens (including phenoxy) is 2. The van der Waals surface area contributed by atoms with Gasteiger partial charge in [0.2, 0.25) is 12.7 Å². The number of fused-ring (bicyclic) bond motifs is 1. The number of amides is 1. The van der Waals surface area contributed by atoms with Crippen molar-refractivity contribution >= 4 is 27.3 Å². The standard InChI is InChI=1S/C22H19FN2O5S/c23-18-6-1-2-7-19(18)25-31(27,28)17-5-3-4-16(13-17)24-22(26)11-9-15-8-10-20-21(12-15)30-14-29-20/h1-8,10,12-13,25H,9,11,14H2,(H,24,26). The second-order valence-corrected chi connectivity index (χ2v) is 8.53. The van der Waals surface area contributed by atoms with E-state index < -0.39 is 15.8 Å². The minimum atomic E-state index is -4.02. The Morgan fingerprint density at radius 3 is 2.61 bits per heavy atom. The molecule has 0 spiro atoms. The Labute approximate surface area is 178 Å². The van der Waals surface area contributed by atoms with E-state index in [0.717, 1.165) is 11.6 Å². The third kappa shape index (κ3) is 4.95. The summed E-state index contributed by atoms with van der Waals surface area (Å²) in [5.74, 6) is 0.377. The van der Waals surface area contributed by atoms with Crippen LogP contribution in [0.1, 0.15) is 12.0 Å². The van der Waals surface area contributed by atoms with E-state index >= 15 is 0 Å². The van der Waals surface area contributed by atoms with Crippen LogP contribution in [-0.2, 0) is 21.2 Å². The summed E-state index contributed by atoms with van der Waals surface area (Å²) in [4.78, 5) is 12.2. The van der Waals surface area contributed by atoms with Gasteiger partial charge in [-0.3, -0.25) is 9.52 Å². The quantitative estimate of drug-likeness (QED) is 0.578. The highest BCUT2D eigenvalue weighted by molar-refractivity contribution is 7.92. The number of rotatable bonds is 7. The van der Waals surface area contributed by atoms with Gasteiger partial charge in [-0.25, -0.2) is 12.8 Å². The maximum absolute atomic E-state index is 13.8. The molecule has 1 heterocycles. The number of hydrogen-bond acceptors (Lipinski definition) is 5. The van der Waals surface area contributed by atoms with Crippen LogP contribution in [-0.4, -0.2) is 21.1 Å². The number of aryl methyl sites for hydroxylation is 1. The van der Waals surface area contributed by atoms with E-state index in [1.165, 1.54) is 36.4 Å². The molecule has 0 saturated heterocycles. The molecule has 1 aliphatic rings. The van der Waals surface area contributed by atoms with Gasteiger partial charge in [0.1, 0.15) is 5.82 Å². The summed E-state index contributed by atoms with van der Waals surface area (Å²) >= 11 is 0. The van der Waals surface area contributed by atoms with Crippen LogP contribution >= 0.6 is 0 Å². The first-order valence-electron chi connectivity index (χ1n) is 9.46. The summed E-state index contributed by atoms with van der Waals surface area (Å²) in [5, 5.41) is 2.69. The molecule has 0 atom stereocenters. The van der Waals surface area contributed by atoms with Crippen molar-refractivity contribution in [3.05, 3.63) is 78.1 Å². The van der Waals surface area contributed by atoms with Crippen LogP contribution in [0.2, 0.25) is 0 Å². The molecule has 0 fully saturated rings. The number of nitrogens with one attached hydrogen (secondary N) is 2. The van der Waals surface area contributed by atoms with Crippen LogP contribution in [0.3, 0.4) is 0 Å². The maximum Gasteiger partial charge on any atom is 0.262 e. The number of para-hydroxylation sites is 1. The van der Waals surface area contributed by atoms with Crippen LogP contribution in [0.4, 0.5) is 15.8 Å². The number of carbonyl (C=O) groups is 1. The highest BCUT2D eigenvalue weighted by Crippen LogP contribution is 2.32. The van der Waals surface area contributed by atoms with Gasteiger partial charge in [0.05, 0.1) is 10.6 Å². The zero-order valence-electron chi connectivity index (χ0n) is 16.3. The van der Waals surface area contributed by atoms with Crippen molar-refractivity contribution in [3.63, 3.8) is 0 Å². The summed E-state index contributed by atoms with van der Waals surface area (Å²) in [7, 11) is -4.02. The molecule has 7 nitrogen and oxygen atoms in total. The number of benzene rings is 3. The molecule has 0 saturated carbocycles. The summed E-state index contributed by atoms with van der Waals surface area (Å²) in [5.41, 5.74) is 1.09. The number of sulfonamides is 1. The van der Waals surface area contributed by atoms with E-state index in [1.807, 2.05) is 12.1 Å². The van der Waals surface area contributed by atoms with Crippen molar-refractivity contribution in [3.8, 4) is 11.5 Å². The Hall–Kier alpha value is -3.59. The lowest BCUT2D eigenvalue weighted by molar-refractivity contribution is -0.116. The van der Waals surface area contributed by atoms with Gasteiger partial charge in [0, 0.05) is 12.1 Å². The molecule has 0 unspecified atom stereocenters. The highest BCUT2D eigenvalue weighted by atomic mass is 32.2. The molecule has 2 N–H and O–H groups in total. The smallest absolute Gasteiger partial charge is 0.262 e. The molecule has 1 amide bonds. The van der Waals surface area contributed by atoms with Gasteiger partial charge in [-0.05, 0) is 54.4 Å². The summed E-state index contributed by atoms with van der Waals surface area (Å²) in [6, 6.07) is 16.7. The highest BCUT2D eigenvalue weighted by Gasteiger charge is 2.17. The van der Waals surface area contributed by atoms with Gasteiger partial charge in [-0.15, -0.1) is 0 Å². The largest absolute Gasteiger partial charge is 0.454 e. The molecule has 9 heteroatoms. The third-order valence-corrected chi connectivity index (χ3v) is 5.99. The molecule has 0 bridgehead atoms. The molecule has 3 aromatic rings. The fourth-order valence-electron chi connectivity index (χ4n) is 3.07. The maximum atomic E-state index is 13.8. The van der Waals surface area contributed by atoms with Gasteiger partial charge < -0.3 is 14.8 Å². The van der Waals surface area contributed by atoms with Crippen molar-refractivity contribution < 1.29 is 27.1 Å². The Morgan fingerprint density at radius 1 is 0.968 bits per heavy atom. The molecule has 3 aromatic carbocycles. The van der Waals surface area contributed by atoms with Crippen molar-refractivity contribution in [2.24, 2.45) is 0 Å². The van der Waals surface area contributed by atoms with E-state index in [0.29, 0.717) is 23.6 Å². The molecule has 31 heavy (non-hydrogen) atoms. The zero-order chi connectivity index (χ0) is 21.8. The van der Waals surface area contributed by atoms with E-state index in [-0.39, 0.29) is 29.7 Å². The van der Waals surface area contributed by atoms with Crippen LogP contribution in [0.25, 0.3) is 0 Å². The topological polar surface area (TPSA) is 93.7 Å². The van der Waals surface area contributed by atoms with E-state index in [4.69, 9.17) is 9.47 Å². The van der Waals surface area contributed by atoms with E-state index in [9.17, 15) is 17.6 Å². The van der Waals surface area contributed by atoms with Crippen molar-refractivity contribution in [2.45, 2.75) is 17.7 Å². The minimum Gasteiger partial charge on any atom is -0.454 e. The SMILES string of the molecule is O=C(CCc1ccc2c(c1)OCO2)Nc1cccc(S(=O)(=O)Nc2ccccc2F)c1. The number of carbonyl (C=O) groups excluding carboxylic acids is 1. The summed E-state index contributed by atoms with van der Waals surface area (Å²) in [6.07, 6.45) is 0.680. The predicted molar refractivity (Wildman–Crippen MR) is 113 cm³/mol. The lowest BCUT2D eigenvalue weighted by atomic mass is 10.1. The summed E-state index contributed by atoms with van der Waals surface area (Å²) < 4.78 is 51.8. The Bertz CT molecular complexity index is 1230. The lowest BCUT2D eigenvalue weighted by Gasteiger charge is -2.11. The second-order valence-electron chi connectivity index (χ2n) is 6.85. The average Bonchev–Trinajstić information content (AvgIpc) is 3.22. The van der Waals surface area contributed by atoms with Crippen LogP contribution < -0.4 is 19.5 Å². The van der Waals surface area contributed by atoms with Crippen LogP contribution in [0.15, 0.2) is 71.6 Å². The molecule has 4 rings (SSSR count). The van der Waals surface area contributed by atoms with Gasteiger partial charge in [0.15, 0.2) is 11.5 Å². The molecular weight excluding hydrogens is 423 g/mol. The lowest BCUT2D eigenvalue weighted by Crippen LogP contribution is -2.15. The van der Waals surface area contributed by atoms with Crippen LogP contribution in [0.5, 0.6) is 11.5 Å². The first kappa shape index (κ1) is 20.7. The third-order valence-electron chi connectivity index (χ3n) is 4.62. The van der Waals surface area contributed by atoms with E-state index in [1.54, 1.807) is 12.1 Å². The fourth-order valence-corrected chi connectivity index (χ4v) is 4.18. The Morgan fingerprint density at radius 2 is 1.77 bits per heavy atom. The van der Waals surface area contributed by atoms with Crippen LogP contribution in [0, 0.1) is 5.82 Å². The second kappa shape index (κ2) is 8.65. The van der Waals surface area contributed by atoms with Crippen molar-refractivity contribution in [2.75, 3.05) is 16.8 Å². The van der Waals surface area contributed by atoms with Gasteiger partial charge >= 0.3 is 0 Å². The Kier molecular flexibility index (Phi) is 5.77. The number of hydrogen-bond donors (Lipinski definition) is 2. The molecule has 0 aliphatic carbocycles. The van der Waals surface area contributed by atoms with Gasteiger partial charge in [0.25, 0.3) is 10.0 Å². The van der Waals surface area contributed by atoms with Crippen molar-refractivity contribution in [1.82, 2.24) is 0 Å². The molecule has 0 aromatic heterocycles. The zero-order valence-corrected chi connectivity index (χ0v) is 17.1. The number of anilines is 2. The monoisotopic (exact) mass is 442 g/mol. The Balaban J connectivity index is 1.39. The fraction of sp³-hybridized carbons (Fsp3) is 0.136. The molecular formula is C22H19FN2O5S. The summed E-state index contributed by atoms with van der Waals surface area (Å²) in [6.45, 7) is 0.185. The van der Waals surface area contributed by atoms with Gasteiger partial charge in [-0.1, -0.05) is 24.3 Å². The first-order chi connectivity index (χ1) is 14.9. The average molecular weight is 442 g/mol. The molecule has 160 valence electrons. The minimum absolute atomic E-state index is 0.0932. The normalized spacial score (nSPS) is 12.4. The molecule has 1 aliphatic heterocycles. The van der Waals surface area contributed by atoms with E-state index in [2.05, 4.69) is 10.0 Å². The number of halogens is 1. The molecule has 0 radical (unpaired) electrons. The van der Waals surface area contributed by atoms with Crippen molar-refractivity contribution in [1.29, 1.82) is 0 Å².